The second-order valence-corrected chi connectivity index (χ2v) is 18.1. The van der Waals surface area contributed by atoms with Gasteiger partial charge in [0.1, 0.15) is 13.2 Å². The number of esters is 3. The minimum atomic E-state index is -0.777. The summed E-state index contributed by atoms with van der Waals surface area (Å²) in [5.41, 5.74) is 0. The molecule has 0 aromatic carbocycles. The van der Waals surface area contributed by atoms with Crippen LogP contribution in [0.25, 0.3) is 0 Å². The Morgan fingerprint density at radius 3 is 0.887 bits per heavy atom. The van der Waals surface area contributed by atoms with E-state index >= 15 is 0 Å². The van der Waals surface area contributed by atoms with Gasteiger partial charge in [0.2, 0.25) is 0 Å². The van der Waals surface area contributed by atoms with E-state index in [1.54, 1.807) is 0 Å². The van der Waals surface area contributed by atoms with Gasteiger partial charge in [-0.15, -0.1) is 0 Å². The van der Waals surface area contributed by atoms with E-state index in [-0.39, 0.29) is 31.1 Å². The lowest BCUT2D eigenvalue weighted by Gasteiger charge is -2.18. The number of allylic oxidation sites excluding steroid dienone is 6. The summed E-state index contributed by atoms with van der Waals surface area (Å²) < 4.78 is 16.8. The Morgan fingerprint density at radius 1 is 0.306 bits per heavy atom. The summed E-state index contributed by atoms with van der Waals surface area (Å²) in [6.45, 7) is 6.57. The van der Waals surface area contributed by atoms with Crippen LogP contribution in [0.5, 0.6) is 0 Å². The summed E-state index contributed by atoms with van der Waals surface area (Å²) in [5, 5.41) is 0. The van der Waals surface area contributed by atoms with Gasteiger partial charge in [-0.25, -0.2) is 0 Å². The van der Waals surface area contributed by atoms with Crippen LogP contribution in [0.2, 0.25) is 0 Å². The van der Waals surface area contributed by atoms with Crippen LogP contribution in [0.15, 0.2) is 36.5 Å². The van der Waals surface area contributed by atoms with E-state index in [1.807, 2.05) is 0 Å². The third kappa shape index (κ3) is 48.7. The van der Waals surface area contributed by atoms with Gasteiger partial charge in [-0.1, -0.05) is 211 Å². The number of ether oxygens (including phenoxy) is 3. The predicted molar refractivity (Wildman–Crippen MR) is 266 cm³/mol. The van der Waals surface area contributed by atoms with Crippen molar-refractivity contribution >= 4 is 17.9 Å². The molecule has 1 atom stereocenters. The van der Waals surface area contributed by atoms with Crippen molar-refractivity contribution in [2.45, 2.75) is 290 Å². The van der Waals surface area contributed by atoms with Crippen molar-refractivity contribution in [1.29, 1.82) is 0 Å². The maximum atomic E-state index is 12.8. The van der Waals surface area contributed by atoms with Crippen molar-refractivity contribution in [2.24, 2.45) is 0 Å². The molecule has 0 aromatic rings. The summed E-state index contributed by atoms with van der Waals surface area (Å²) in [4.78, 5) is 37.9. The Balaban J connectivity index is 4.26. The lowest BCUT2D eigenvalue weighted by molar-refractivity contribution is -0.167. The average molecular weight is 871 g/mol. The fourth-order valence-corrected chi connectivity index (χ4v) is 7.73. The van der Waals surface area contributed by atoms with Crippen LogP contribution in [0.1, 0.15) is 284 Å². The van der Waals surface area contributed by atoms with E-state index in [4.69, 9.17) is 14.2 Å². The molecule has 0 saturated heterocycles. The first-order valence-corrected chi connectivity index (χ1v) is 27.0. The fourth-order valence-electron chi connectivity index (χ4n) is 7.73. The predicted octanol–water partition coefficient (Wildman–Crippen LogP) is 17.7. The lowest BCUT2D eigenvalue weighted by Crippen LogP contribution is -2.30. The Kier molecular flexibility index (Phi) is 49.3. The van der Waals surface area contributed by atoms with E-state index in [2.05, 4.69) is 57.2 Å². The quantitative estimate of drug-likeness (QED) is 0.0262. The number of rotatable bonds is 49. The molecule has 0 rings (SSSR count). The third-order valence-electron chi connectivity index (χ3n) is 11.8. The molecule has 62 heavy (non-hydrogen) atoms. The van der Waals surface area contributed by atoms with Gasteiger partial charge in [0.15, 0.2) is 6.10 Å². The summed E-state index contributed by atoms with van der Waals surface area (Å²) in [6.07, 6.45) is 60.0. The largest absolute Gasteiger partial charge is 0.462 e. The van der Waals surface area contributed by atoms with Gasteiger partial charge in [-0.3, -0.25) is 14.4 Å². The standard InChI is InChI=1S/C56H102O6/c1-4-7-10-13-16-19-22-24-25-26-27-28-29-30-31-33-34-37-40-43-46-49-55(58)61-52-53(51-60-54(57)48-45-42-39-36-21-18-15-12-9-6-3)62-56(59)50-47-44-41-38-35-32-23-20-17-14-11-8-5-2/h12,15,20,23,26-27,53H,4-11,13-14,16-19,21-22,24-25,28-52H2,1-3H3/b15-12-,23-20-,27-26-. The van der Waals surface area contributed by atoms with Gasteiger partial charge in [-0.05, 0) is 89.9 Å². The van der Waals surface area contributed by atoms with Crippen LogP contribution in [0.4, 0.5) is 0 Å². The molecule has 0 aromatic heterocycles. The molecule has 0 aliphatic heterocycles. The first kappa shape index (κ1) is 59.6. The number of hydrogen-bond acceptors (Lipinski definition) is 6. The normalized spacial score (nSPS) is 12.2. The molecule has 0 bridgehead atoms. The molecule has 362 valence electrons. The molecule has 0 spiro atoms. The number of unbranched alkanes of at least 4 members (excludes halogenated alkanes) is 32. The van der Waals surface area contributed by atoms with Crippen LogP contribution < -0.4 is 0 Å². The number of hydrogen-bond donors (Lipinski definition) is 0. The first-order valence-electron chi connectivity index (χ1n) is 27.0. The molecule has 0 fully saturated rings. The summed E-state index contributed by atoms with van der Waals surface area (Å²) >= 11 is 0. The van der Waals surface area contributed by atoms with Crippen molar-refractivity contribution in [3.8, 4) is 0 Å². The minimum Gasteiger partial charge on any atom is -0.462 e. The lowest BCUT2D eigenvalue weighted by atomic mass is 10.1. The maximum Gasteiger partial charge on any atom is 0.306 e. The van der Waals surface area contributed by atoms with Crippen molar-refractivity contribution in [1.82, 2.24) is 0 Å². The van der Waals surface area contributed by atoms with Gasteiger partial charge in [-0.2, -0.15) is 0 Å². The molecule has 0 N–H and O–H groups in total. The van der Waals surface area contributed by atoms with Crippen LogP contribution >= 0.6 is 0 Å². The van der Waals surface area contributed by atoms with Crippen LogP contribution in [-0.4, -0.2) is 37.2 Å². The molecule has 0 aliphatic carbocycles. The van der Waals surface area contributed by atoms with Gasteiger partial charge in [0.25, 0.3) is 0 Å². The maximum absolute atomic E-state index is 12.8. The summed E-state index contributed by atoms with van der Waals surface area (Å²) in [7, 11) is 0. The Bertz CT molecular complexity index is 1050. The molecular formula is C56H102O6. The minimum absolute atomic E-state index is 0.0777. The monoisotopic (exact) mass is 871 g/mol. The van der Waals surface area contributed by atoms with Crippen molar-refractivity contribution < 1.29 is 28.6 Å². The van der Waals surface area contributed by atoms with Crippen LogP contribution in [-0.2, 0) is 28.6 Å². The Labute approximate surface area is 385 Å². The smallest absolute Gasteiger partial charge is 0.306 e. The van der Waals surface area contributed by atoms with E-state index < -0.39 is 6.10 Å². The molecule has 0 radical (unpaired) electrons. The van der Waals surface area contributed by atoms with Gasteiger partial charge in [0.05, 0.1) is 0 Å². The molecule has 0 aliphatic rings. The van der Waals surface area contributed by atoms with E-state index in [9.17, 15) is 14.4 Å². The van der Waals surface area contributed by atoms with Crippen LogP contribution in [0, 0.1) is 0 Å². The second-order valence-electron chi connectivity index (χ2n) is 18.1. The first-order chi connectivity index (χ1) is 30.5. The van der Waals surface area contributed by atoms with Gasteiger partial charge < -0.3 is 14.2 Å². The van der Waals surface area contributed by atoms with Crippen molar-refractivity contribution in [2.75, 3.05) is 13.2 Å². The highest BCUT2D eigenvalue weighted by Crippen LogP contribution is 2.15. The highest BCUT2D eigenvalue weighted by atomic mass is 16.6. The van der Waals surface area contributed by atoms with Crippen molar-refractivity contribution in [3.63, 3.8) is 0 Å². The highest BCUT2D eigenvalue weighted by Gasteiger charge is 2.19. The molecule has 0 saturated carbocycles. The number of carbonyl (C=O) groups is 3. The second kappa shape index (κ2) is 51.3. The van der Waals surface area contributed by atoms with Crippen molar-refractivity contribution in [3.05, 3.63) is 36.5 Å². The SMILES string of the molecule is CCC/C=C\CCCCCCCC(=O)OCC(COC(=O)CCCCCCCCCCC/C=C\CCCCCCCCCC)OC(=O)CCCCCCC/C=C\CCCCCC. The van der Waals surface area contributed by atoms with Crippen LogP contribution in [0.3, 0.4) is 0 Å². The van der Waals surface area contributed by atoms with Gasteiger partial charge >= 0.3 is 17.9 Å². The highest BCUT2D eigenvalue weighted by molar-refractivity contribution is 5.71. The van der Waals surface area contributed by atoms with Gasteiger partial charge in [0, 0.05) is 19.3 Å². The van der Waals surface area contributed by atoms with E-state index in [1.165, 1.54) is 161 Å². The van der Waals surface area contributed by atoms with E-state index in [0.717, 1.165) is 83.5 Å². The Morgan fingerprint density at radius 2 is 0.565 bits per heavy atom. The molecule has 1 unspecified atom stereocenters. The third-order valence-corrected chi connectivity index (χ3v) is 11.8. The molecule has 0 heterocycles. The zero-order chi connectivity index (χ0) is 45.1. The van der Waals surface area contributed by atoms with E-state index in [0.29, 0.717) is 19.3 Å². The number of carbonyl (C=O) groups excluding carboxylic acids is 3. The topological polar surface area (TPSA) is 78.9 Å². The fraction of sp³-hybridized carbons (Fsp3) is 0.839. The Hall–Kier alpha value is -2.37. The molecule has 6 nitrogen and oxygen atoms in total. The molecule has 6 heteroatoms. The average Bonchev–Trinajstić information content (AvgIpc) is 3.27. The zero-order valence-electron chi connectivity index (χ0n) is 41.4. The summed E-state index contributed by atoms with van der Waals surface area (Å²) in [5.74, 6) is -0.891. The summed E-state index contributed by atoms with van der Waals surface area (Å²) in [6, 6.07) is 0. The zero-order valence-corrected chi connectivity index (χ0v) is 41.4. The molecule has 0 amide bonds. The molecular weight excluding hydrogens is 769 g/mol.